The van der Waals surface area contributed by atoms with Gasteiger partial charge in [-0.15, -0.1) is 0 Å². The van der Waals surface area contributed by atoms with E-state index in [9.17, 15) is 0 Å². The molecule has 0 aliphatic rings. The van der Waals surface area contributed by atoms with Gasteiger partial charge in [0, 0.05) is 12.6 Å². The first-order valence-corrected chi connectivity index (χ1v) is 6.75. The quantitative estimate of drug-likeness (QED) is 0.828. The van der Waals surface area contributed by atoms with Crippen molar-refractivity contribution in [2.75, 3.05) is 27.2 Å². The molecule has 0 bridgehead atoms. The summed E-state index contributed by atoms with van der Waals surface area (Å²) in [5, 5.41) is 0.636. The van der Waals surface area contributed by atoms with Gasteiger partial charge in [-0.2, -0.15) is 0 Å². The van der Waals surface area contributed by atoms with E-state index < -0.39 is 0 Å². The fraction of sp³-hybridized carbons (Fsp3) is 0.571. The van der Waals surface area contributed by atoms with E-state index in [0.29, 0.717) is 17.3 Å². The average Bonchev–Trinajstić information content (AvgIpc) is 2.37. The van der Waals surface area contributed by atoms with Gasteiger partial charge in [-0.25, -0.2) is 0 Å². The van der Waals surface area contributed by atoms with Crippen LogP contribution in [-0.2, 0) is 0 Å². The summed E-state index contributed by atoms with van der Waals surface area (Å²) in [6.45, 7) is 3.82. The van der Waals surface area contributed by atoms with Crippen LogP contribution in [0.1, 0.15) is 31.4 Å². The van der Waals surface area contributed by atoms with E-state index in [4.69, 9.17) is 22.1 Å². The summed E-state index contributed by atoms with van der Waals surface area (Å²) < 4.78 is 5.16. The smallest absolute Gasteiger partial charge is 0.137 e. The number of halogens is 1. The summed E-state index contributed by atoms with van der Waals surface area (Å²) in [4.78, 5) is 2.28. The highest BCUT2D eigenvalue weighted by molar-refractivity contribution is 6.32. The maximum absolute atomic E-state index is 6.16. The topological polar surface area (TPSA) is 38.5 Å². The number of nitrogens with two attached hydrogens (primary N) is 1. The highest BCUT2D eigenvalue weighted by atomic mass is 35.5. The van der Waals surface area contributed by atoms with Crippen LogP contribution in [0.4, 0.5) is 0 Å². The first-order valence-electron chi connectivity index (χ1n) is 6.37. The Kier molecular flexibility index (Phi) is 6.47. The molecule has 1 unspecified atom stereocenters. The molecule has 1 aromatic carbocycles. The van der Waals surface area contributed by atoms with Crippen molar-refractivity contribution in [1.82, 2.24) is 4.90 Å². The van der Waals surface area contributed by atoms with E-state index in [2.05, 4.69) is 18.9 Å². The van der Waals surface area contributed by atoms with Gasteiger partial charge in [-0.3, -0.25) is 4.90 Å². The van der Waals surface area contributed by atoms with E-state index in [-0.39, 0.29) is 6.04 Å². The second-order valence-corrected chi connectivity index (χ2v) is 4.89. The molecule has 0 aliphatic carbocycles. The molecule has 0 radical (unpaired) electrons. The summed E-state index contributed by atoms with van der Waals surface area (Å²) in [5.74, 6) is 0.701. The fourth-order valence-corrected chi connectivity index (χ4v) is 2.29. The number of unbranched alkanes of at least 4 members (excludes halogenated alkanes) is 1. The number of methoxy groups -OCH3 is 1. The van der Waals surface area contributed by atoms with Crippen LogP contribution >= 0.6 is 11.6 Å². The Hall–Kier alpha value is -0.770. The molecule has 1 aromatic rings. The Bertz CT molecular complexity index is 371. The number of rotatable bonds is 7. The minimum atomic E-state index is 0.208. The van der Waals surface area contributed by atoms with Crippen molar-refractivity contribution < 1.29 is 4.74 Å². The van der Waals surface area contributed by atoms with Crippen LogP contribution in [0.15, 0.2) is 18.2 Å². The predicted molar refractivity (Wildman–Crippen MR) is 77.3 cm³/mol. The molecule has 0 aliphatic heterocycles. The van der Waals surface area contributed by atoms with Gasteiger partial charge in [0.15, 0.2) is 0 Å². The highest BCUT2D eigenvalue weighted by Gasteiger charge is 2.16. The van der Waals surface area contributed by atoms with Gasteiger partial charge in [0.25, 0.3) is 0 Å². The van der Waals surface area contributed by atoms with Crippen LogP contribution < -0.4 is 10.5 Å². The first kappa shape index (κ1) is 15.3. The van der Waals surface area contributed by atoms with Crippen molar-refractivity contribution in [3.05, 3.63) is 28.8 Å². The fourth-order valence-electron chi connectivity index (χ4n) is 2.02. The van der Waals surface area contributed by atoms with Gasteiger partial charge in [-0.1, -0.05) is 31.0 Å². The molecular weight excluding hydrogens is 248 g/mol. The van der Waals surface area contributed by atoms with Crippen LogP contribution in [0, 0.1) is 0 Å². The van der Waals surface area contributed by atoms with Gasteiger partial charge in [-0.05, 0) is 37.7 Å². The third-order valence-corrected chi connectivity index (χ3v) is 3.48. The molecule has 0 amide bonds. The maximum Gasteiger partial charge on any atom is 0.137 e. The van der Waals surface area contributed by atoms with Crippen molar-refractivity contribution in [1.29, 1.82) is 0 Å². The summed E-state index contributed by atoms with van der Waals surface area (Å²) in [7, 11) is 3.72. The third kappa shape index (κ3) is 3.87. The molecule has 102 valence electrons. The second kappa shape index (κ2) is 7.62. The number of benzene rings is 1. The van der Waals surface area contributed by atoms with Crippen molar-refractivity contribution >= 4 is 11.6 Å². The van der Waals surface area contributed by atoms with Gasteiger partial charge in [0.1, 0.15) is 5.75 Å². The molecule has 0 fully saturated rings. The lowest BCUT2D eigenvalue weighted by Crippen LogP contribution is -2.31. The number of nitrogens with zero attached hydrogens (tertiary/aromatic N) is 1. The van der Waals surface area contributed by atoms with Crippen molar-refractivity contribution in [2.45, 2.75) is 25.8 Å². The Morgan fingerprint density at radius 2 is 2.17 bits per heavy atom. The molecule has 0 heterocycles. The Morgan fingerprint density at radius 3 is 2.67 bits per heavy atom. The lowest BCUT2D eigenvalue weighted by molar-refractivity contribution is 0.246. The lowest BCUT2D eigenvalue weighted by Gasteiger charge is -2.27. The third-order valence-electron chi connectivity index (χ3n) is 3.18. The summed E-state index contributed by atoms with van der Waals surface area (Å²) in [6.07, 6.45) is 2.36. The van der Waals surface area contributed by atoms with Crippen molar-refractivity contribution in [3.63, 3.8) is 0 Å². The van der Waals surface area contributed by atoms with Crippen LogP contribution in [0.25, 0.3) is 0 Å². The van der Waals surface area contributed by atoms with E-state index in [0.717, 1.165) is 12.1 Å². The minimum Gasteiger partial charge on any atom is -0.495 e. The molecule has 0 spiro atoms. The number of likely N-dealkylation sites (N-methyl/N-ethyl adjacent to an activating group) is 1. The molecular formula is C14H23ClN2O. The van der Waals surface area contributed by atoms with E-state index in [1.807, 2.05) is 18.2 Å². The van der Waals surface area contributed by atoms with Crippen LogP contribution in [0.3, 0.4) is 0 Å². The van der Waals surface area contributed by atoms with Crippen LogP contribution in [-0.4, -0.2) is 32.1 Å². The van der Waals surface area contributed by atoms with E-state index in [1.54, 1.807) is 7.11 Å². The van der Waals surface area contributed by atoms with Crippen molar-refractivity contribution in [2.24, 2.45) is 5.73 Å². The monoisotopic (exact) mass is 270 g/mol. The molecule has 2 N–H and O–H groups in total. The lowest BCUT2D eigenvalue weighted by atomic mass is 10.1. The first-order chi connectivity index (χ1) is 8.63. The normalized spacial score (nSPS) is 12.8. The largest absolute Gasteiger partial charge is 0.495 e. The van der Waals surface area contributed by atoms with Crippen molar-refractivity contribution in [3.8, 4) is 5.75 Å². The Morgan fingerprint density at radius 1 is 1.44 bits per heavy atom. The van der Waals surface area contributed by atoms with Gasteiger partial charge < -0.3 is 10.5 Å². The highest BCUT2D eigenvalue weighted by Crippen LogP contribution is 2.29. The molecule has 4 heteroatoms. The molecule has 0 aromatic heterocycles. The van der Waals surface area contributed by atoms with E-state index in [1.165, 1.54) is 12.8 Å². The molecule has 3 nitrogen and oxygen atoms in total. The maximum atomic E-state index is 6.16. The van der Waals surface area contributed by atoms with Gasteiger partial charge in [0.05, 0.1) is 12.1 Å². The van der Waals surface area contributed by atoms with Crippen LogP contribution in [0.5, 0.6) is 5.75 Å². The zero-order valence-corrected chi connectivity index (χ0v) is 12.2. The SMILES string of the molecule is CCCCN(C)C(CN)c1ccc(OC)c(Cl)c1. The number of hydrogen-bond acceptors (Lipinski definition) is 3. The average molecular weight is 271 g/mol. The Labute approximate surface area is 115 Å². The molecule has 18 heavy (non-hydrogen) atoms. The van der Waals surface area contributed by atoms with Gasteiger partial charge in [0.2, 0.25) is 0 Å². The van der Waals surface area contributed by atoms with Gasteiger partial charge >= 0.3 is 0 Å². The zero-order valence-electron chi connectivity index (χ0n) is 11.4. The number of ether oxygens (including phenoxy) is 1. The summed E-state index contributed by atoms with van der Waals surface area (Å²) in [5.41, 5.74) is 7.02. The zero-order chi connectivity index (χ0) is 13.5. The Balaban J connectivity index is 2.84. The number of hydrogen-bond donors (Lipinski definition) is 1. The molecule has 0 saturated heterocycles. The van der Waals surface area contributed by atoms with Crippen LogP contribution in [0.2, 0.25) is 5.02 Å². The summed E-state index contributed by atoms with van der Waals surface area (Å²) in [6, 6.07) is 6.08. The molecule has 1 rings (SSSR count). The predicted octanol–water partition coefficient (Wildman–Crippen LogP) is 3.08. The second-order valence-electron chi connectivity index (χ2n) is 4.48. The standard InChI is InChI=1S/C14H23ClN2O/c1-4-5-8-17(2)13(10-16)11-6-7-14(18-3)12(15)9-11/h6-7,9,13H,4-5,8,10,16H2,1-3H3. The molecule has 0 saturated carbocycles. The summed E-state index contributed by atoms with van der Waals surface area (Å²) >= 11 is 6.16. The van der Waals surface area contributed by atoms with E-state index >= 15 is 0 Å². The molecule has 1 atom stereocenters. The minimum absolute atomic E-state index is 0.208.